The standard InChI is InChI=1S/C16H26ClN3O/c1-11-6-8-16(9-7-11,19(3)4)14(21)10-13-12(2)18-20(5)15(13)17/h11H,6-10H2,1-5H3. The van der Waals surface area contributed by atoms with Crippen LogP contribution in [0.2, 0.25) is 5.15 Å². The first-order valence-electron chi connectivity index (χ1n) is 7.66. The van der Waals surface area contributed by atoms with E-state index in [4.69, 9.17) is 11.6 Å². The maximum absolute atomic E-state index is 13.0. The van der Waals surface area contributed by atoms with Crippen molar-refractivity contribution in [1.29, 1.82) is 0 Å². The number of aromatic nitrogens is 2. The number of likely N-dealkylation sites (N-methyl/N-ethyl adjacent to an activating group) is 1. The third-order valence-corrected chi connectivity index (χ3v) is 5.56. The van der Waals surface area contributed by atoms with Crippen molar-refractivity contribution in [2.24, 2.45) is 13.0 Å². The Bertz CT molecular complexity index is 528. The van der Waals surface area contributed by atoms with Gasteiger partial charge in [0.25, 0.3) is 0 Å². The topological polar surface area (TPSA) is 38.1 Å². The molecule has 0 bridgehead atoms. The van der Waals surface area contributed by atoms with Gasteiger partial charge in [0.2, 0.25) is 0 Å². The summed E-state index contributed by atoms with van der Waals surface area (Å²) < 4.78 is 1.64. The molecule has 0 radical (unpaired) electrons. The van der Waals surface area contributed by atoms with Crippen molar-refractivity contribution >= 4 is 17.4 Å². The molecule has 0 N–H and O–H groups in total. The Morgan fingerprint density at radius 1 is 1.43 bits per heavy atom. The molecule has 1 saturated carbocycles. The summed E-state index contributed by atoms with van der Waals surface area (Å²) in [5.74, 6) is 0.993. The summed E-state index contributed by atoms with van der Waals surface area (Å²) in [6, 6.07) is 0. The summed E-state index contributed by atoms with van der Waals surface area (Å²) in [5, 5.41) is 4.89. The van der Waals surface area contributed by atoms with Crippen LogP contribution < -0.4 is 0 Å². The van der Waals surface area contributed by atoms with Gasteiger partial charge in [-0.05, 0) is 52.6 Å². The molecule has 0 aliphatic heterocycles. The lowest BCUT2D eigenvalue weighted by molar-refractivity contribution is -0.131. The molecular formula is C16H26ClN3O. The van der Waals surface area contributed by atoms with Crippen LogP contribution in [-0.4, -0.2) is 40.1 Å². The zero-order chi connectivity index (χ0) is 15.8. The van der Waals surface area contributed by atoms with E-state index in [0.29, 0.717) is 11.6 Å². The molecule has 118 valence electrons. The Labute approximate surface area is 132 Å². The number of carbonyl (C=O) groups is 1. The maximum atomic E-state index is 13.0. The Hall–Kier alpha value is -0.870. The first kappa shape index (κ1) is 16.5. The number of aryl methyl sites for hydroxylation is 2. The van der Waals surface area contributed by atoms with Gasteiger partial charge in [-0.15, -0.1) is 0 Å². The van der Waals surface area contributed by atoms with Crippen LogP contribution in [0.1, 0.15) is 43.9 Å². The van der Waals surface area contributed by atoms with E-state index in [1.165, 1.54) is 0 Å². The number of rotatable bonds is 4. The number of hydrogen-bond acceptors (Lipinski definition) is 3. The van der Waals surface area contributed by atoms with Gasteiger partial charge in [-0.3, -0.25) is 14.4 Å². The zero-order valence-electron chi connectivity index (χ0n) is 13.7. The van der Waals surface area contributed by atoms with Crippen molar-refractivity contribution in [2.45, 2.75) is 51.5 Å². The van der Waals surface area contributed by atoms with Gasteiger partial charge in [0, 0.05) is 19.0 Å². The molecule has 1 aliphatic rings. The largest absolute Gasteiger partial charge is 0.297 e. The molecule has 1 aliphatic carbocycles. The van der Waals surface area contributed by atoms with E-state index in [-0.39, 0.29) is 11.3 Å². The number of carbonyl (C=O) groups excluding carboxylic acids is 1. The lowest BCUT2D eigenvalue weighted by atomic mass is 9.72. The highest BCUT2D eigenvalue weighted by molar-refractivity contribution is 6.30. The second-order valence-corrected chi connectivity index (χ2v) is 7.04. The lowest BCUT2D eigenvalue weighted by Gasteiger charge is -2.43. The van der Waals surface area contributed by atoms with Crippen molar-refractivity contribution in [3.8, 4) is 0 Å². The van der Waals surface area contributed by atoms with E-state index in [0.717, 1.165) is 42.9 Å². The normalized spacial score (nSPS) is 26.3. The summed E-state index contributed by atoms with van der Waals surface area (Å²) in [6.45, 7) is 4.19. The average molecular weight is 312 g/mol. The van der Waals surface area contributed by atoms with Crippen LogP contribution in [0.3, 0.4) is 0 Å². The van der Waals surface area contributed by atoms with Crippen LogP contribution >= 0.6 is 11.6 Å². The molecule has 0 saturated heterocycles. The van der Waals surface area contributed by atoms with Gasteiger partial charge in [-0.2, -0.15) is 5.10 Å². The number of ketones is 1. The van der Waals surface area contributed by atoms with Crippen LogP contribution in [-0.2, 0) is 18.3 Å². The van der Waals surface area contributed by atoms with Crippen molar-refractivity contribution in [3.05, 3.63) is 16.4 Å². The Kier molecular flexibility index (Phi) is 4.79. The van der Waals surface area contributed by atoms with Gasteiger partial charge in [-0.1, -0.05) is 18.5 Å². The minimum absolute atomic E-state index is 0.275. The molecular weight excluding hydrogens is 286 g/mol. The molecule has 0 amide bonds. The van der Waals surface area contributed by atoms with Gasteiger partial charge in [-0.25, -0.2) is 0 Å². The van der Waals surface area contributed by atoms with E-state index in [1.54, 1.807) is 4.68 Å². The van der Waals surface area contributed by atoms with Crippen molar-refractivity contribution < 1.29 is 4.79 Å². The molecule has 1 heterocycles. The minimum atomic E-state index is -0.335. The Morgan fingerprint density at radius 3 is 2.43 bits per heavy atom. The van der Waals surface area contributed by atoms with E-state index in [9.17, 15) is 4.79 Å². The average Bonchev–Trinajstić information content (AvgIpc) is 2.66. The molecule has 5 heteroatoms. The summed E-state index contributed by atoms with van der Waals surface area (Å²) in [7, 11) is 5.85. The number of Topliss-reactive ketones (excluding diaryl/α,β-unsaturated/α-hetero) is 1. The van der Waals surface area contributed by atoms with E-state index < -0.39 is 0 Å². The predicted molar refractivity (Wildman–Crippen MR) is 85.7 cm³/mol. The van der Waals surface area contributed by atoms with Crippen LogP contribution in [0.5, 0.6) is 0 Å². The summed E-state index contributed by atoms with van der Waals surface area (Å²) in [5.41, 5.74) is 1.40. The first-order chi connectivity index (χ1) is 9.78. The second kappa shape index (κ2) is 6.09. The molecule has 21 heavy (non-hydrogen) atoms. The molecule has 1 aromatic heterocycles. The highest BCUT2D eigenvalue weighted by Gasteiger charge is 2.42. The first-order valence-corrected chi connectivity index (χ1v) is 8.04. The van der Waals surface area contributed by atoms with E-state index >= 15 is 0 Å². The number of halogens is 1. The second-order valence-electron chi connectivity index (χ2n) is 6.69. The Morgan fingerprint density at radius 2 is 2.00 bits per heavy atom. The summed E-state index contributed by atoms with van der Waals surface area (Å²) in [4.78, 5) is 15.1. The monoisotopic (exact) mass is 311 g/mol. The smallest absolute Gasteiger partial charge is 0.157 e. The van der Waals surface area contributed by atoms with Gasteiger partial charge >= 0.3 is 0 Å². The number of hydrogen-bond donors (Lipinski definition) is 0. The maximum Gasteiger partial charge on any atom is 0.157 e. The van der Waals surface area contributed by atoms with Crippen molar-refractivity contribution in [1.82, 2.24) is 14.7 Å². The van der Waals surface area contributed by atoms with E-state index in [2.05, 4.69) is 16.9 Å². The zero-order valence-corrected chi connectivity index (χ0v) is 14.5. The summed E-state index contributed by atoms with van der Waals surface area (Å²) in [6.07, 6.45) is 4.49. The third-order valence-electron chi connectivity index (χ3n) is 5.08. The van der Waals surface area contributed by atoms with Gasteiger partial charge in [0.05, 0.1) is 11.2 Å². The quantitative estimate of drug-likeness (QED) is 0.858. The highest BCUT2D eigenvalue weighted by atomic mass is 35.5. The number of nitrogens with zero attached hydrogens (tertiary/aromatic N) is 3. The fourth-order valence-electron chi connectivity index (χ4n) is 3.41. The molecule has 0 aromatic carbocycles. The molecule has 0 unspecified atom stereocenters. The van der Waals surface area contributed by atoms with E-state index in [1.807, 2.05) is 28.1 Å². The fourth-order valence-corrected chi connectivity index (χ4v) is 3.66. The molecule has 1 aromatic rings. The van der Waals surface area contributed by atoms with Crippen molar-refractivity contribution in [3.63, 3.8) is 0 Å². The molecule has 4 nitrogen and oxygen atoms in total. The lowest BCUT2D eigenvalue weighted by Crippen LogP contribution is -2.53. The molecule has 0 atom stereocenters. The highest BCUT2D eigenvalue weighted by Crippen LogP contribution is 2.37. The minimum Gasteiger partial charge on any atom is -0.297 e. The van der Waals surface area contributed by atoms with Gasteiger partial charge in [0.15, 0.2) is 5.78 Å². The molecule has 1 fully saturated rings. The van der Waals surface area contributed by atoms with Crippen LogP contribution in [0, 0.1) is 12.8 Å². The van der Waals surface area contributed by atoms with Gasteiger partial charge in [0.1, 0.15) is 5.15 Å². The van der Waals surface area contributed by atoms with Gasteiger partial charge < -0.3 is 0 Å². The SMILES string of the molecule is Cc1nn(C)c(Cl)c1CC(=O)C1(N(C)C)CCC(C)CC1. The third kappa shape index (κ3) is 3.02. The Balaban J connectivity index is 2.24. The summed E-state index contributed by atoms with van der Waals surface area (Å²) >= 11 is 6.28. The molecule has 2 rings (SSSR count). The van der Waals surface area contributed by atoms with Crippen molar-refractivity contribution in [2.75, 3.05) is 14.1 Å². The molecule has 0 spiro atoms. The van der Waals surface area contributed by atoms with Crippen LogP contribution in [0.15, 0.2) is 0 Å². The van der Waals surface area contributed by atoms with Crippen LogP contribution in [0.4, 0.5) is 0 Å². The van der Waals surface area contributed by atoms with Crippen LogP contribution in [0.25, 0.3) is 0 Å². The fraction of sp³-hybridized carbons (Fsp3) is 0.750. The predicted octanol–water partition coefficient (Wildman–Crippen LogP) is 3.00.